The molecule has 0 spiro atoms. The SMILES string of the molecule is OC(CNCCn1ccnc1)COc1cnsn1. The van der Waals surface area contributed by atoms with Crippen LogP contribution in [0.2, 0.25) is 0 Å². The molecule has 0 radical (unpaired) electrons. The van der Waals surface area contributed by atoms with Crippen LogP contribution in [0.25, 0.3) is 0 Å². The molecule has 98 valence electrons. The maximum Gasteiger partial charge on any atom is 0.245 e. The van der Waals surface area contributed by atoms with Crippen molar-refractivity contribution in [3.63, 3.8) is 0 Å². The van der Waals surface area contributed by atoms with E-state index >= 15 is 0 Å². The van der Waals surface area contributed by atoms with Crippen LogP contribution in [0, 0.1) is 0 Å². The van der Waals surface area contributed by atoms with E-state index in [1.807, 2.05) is 10.8 Å². The zero-order valence-corrected chi connectivity index (χ0v) is 10.6. The Bertz CT molecular complexity index is 419. The molecule has 0 aliphatic rings. The van der Waals surface area contributed by atoms with Gasteiger partial charge in [0, 0.05) is 32.0 Å². The predicted octanol–water partition coefficient (Wildman–Crippen LogP) is -0.236. The van der Waals surface area contributed by atoms with E-state index in [-0.39, 0.29) is 6.61 Å². The number of nitrogens with one attached hydrogen (secondary N) is 1. The highest BCUT2D eigenvalue weighted by Gasteiger charge is 2.05. The molecular weight excluding hydrogens is 254 g/mol. The highest BCUT2D eigenvalue weighted by atomic mass is 32.1. The number of aliphatic hydroxyl groups excluding tert-OH is 1. The fraction of sp³-hybridized carbons (Fsp3) is 0.500. The fourth-order valence-electron chi connectivity index (χ4n) is 1.36. The molecular formula is C10H15N5O2S. The maximum atomic E-state index is 9.65. The van der Waals surface area contributed by atoms with Gasteiger partial charge in [-0.15, -0.1) is 4.37 Å². The molecule has 0 bridgehead atoms. The lowest BCUT2D eigenvalue weighted by Gasteiger charge is -2.11. The zero-order chi connectivity index (χ0) is 12.6. The van der Waals surface area contributed by atoms with Crippen LogP contribution < -0.4 is 10.1 Å². The molecule has 2 N–H and O–H groups in total. The first-order valence-corrected chi connectivity index (χ1v) is 6.32. The second kappa shape index (κ2) is 7.04. The molecule has 0 saturated heterocycles. The van der Waals surface area contributed by atoms with Crippen molar-refractivity contribution in [2.45, 2.75) is 12.6 Å². The van der Waals surface area contributed by atoms with Crippen LogP contribution >= 0.6 is 11.7 Å². The Labute approximate surface area is 109 Å². The van der Waals surface area contributed by atoms with E-state index in [4.69, 9.17) is 4.74 Å². The molecule has 2 aromatic heterocycles. The van der Waals surface area contributed by atoms with Gasteiger partial charge >= 0.3 is 0 Å². The van der Waals surface area contributed by atoms with Gasteiger partial charge in [0.25, 0.3) is 0 Å². The first-order valence-electron chi connectivity index (χ1n) is 5.59. The lowest BCUT2D eigenvalue weighted by Crippen LogP contribution is -2.33. The lowest BCUT2D eigenvalue weighted by atomic mass is 10.4. The van der Waals surface area contributed by atoms with Gasteiger partial charge in [-0.2, -0.15) is 4.37 Å². The van der Waals surface area contributed by atoms with Crippen LogP contribution in [-0.2, 0) is 6.54 Å². The molecule has 0 saturated carbocycles. The molecule has 2 rings (SSSR count). The second-order valence-electron chi connectivity index (χ2n) is 3.72. The molecule has 8 heteroatoms. The van der Waals surface area contributed by atoms with Gasteiger partial charge < -0.3 is 19.7 Å². The van der Waals surface area contributed by atoms with Crippen molar-refractivity contribution in [2.75, 3.05) is 19.7 Å². The van der Waals surface area contributed by atoms with Crippen LogP contribution in [0.4, 0.5) is 0 Å². The second-order valence-corrected chi connectivity index (χ2v) is 4.27. The van der Waals surface area contributed by atoms with E-state index in [9.17, 15) is 5.11 Å². The topological polar surface area (TPSA) is 85.1 Å². The summed E-state index contributed by atoms with van der Waals surface area (Å²) in [6.45, 7) is 2.28. The first-order chi connectivity index (χ1) is 8.84. The van der Waals surface area contributed by atoms with Crippen molar-refractivity contribution in [1.29, 1.82) is 0 Å². The average Bonchev–Trinajstić information content (AvgIpc) is 3.04. The summed E-state index contributed by atoms with van der Waals surface area (Å²) in [6, 6.07) is 0. The Morgan fingerprint density at radius 3 is 3.22 bits per heavy atom. The molecule has 0 amide bonds. The molecule has 0 aromatic carbocycles. The van der Waals surface area contributed by atoms with Crippen molar-refractivity contribution in [3.8, 4) is 5.88 Å². The van der Waals surface area contributed by atoms with E-state index in [1.165, 1.54) is 6.20 Å². The normalized spacial score (nSPS) is 12.5. The van der Waals surface area contributed by atoms with Gasteiger partial charge in [-0.05, 0) is 0 Å². The highest BCUT2D eigenvalue weighted by Crippen LogP contribution is 2.04. The average molecular weight is 269 g/mol. The fourth-order valence-corrected chi connectivity index (χ4v) is 1.72. The van der Waals surface area contributed by atoms with Crippen molar-refractivity contribution in [1.82, 2.24) is 23.6 Å². The van der Waals surface area contributed by atoms with E-state index in [2.05, 4.69) is 19.0 Å². The Balaban J connectivity index is 1.53. The molecule has 1 unspecified atom stereocenters. The van der Waals surface area contributed by atoms with Gasteiger partial charge in [-0.25, -0.2) is 4.98 Å². The Morgan fingerprint density at radius 2 is 2.50 bits per heavy atom. The third-order valence-electron chi connectivity index (χ3n) is 2.25. The summed E-state index contributed by atoms with van der Waals surface area (Å²) < 4.78 is 14.9. The standard InChI is InChI=1S/C10H15N5O2S/c16-9(7-17-10-6-13-18-14-10)5-11-1-3-15-4-2-12-8-15/h2,4,6,8-9,11,16H,1,3,5,7H2. The smallest absolute Gasteiger partial charge is 0.245 e. The predicted molar refractivity (Wildman–Crippen MR) is 66.5 cm³/mol. The van der Waals surface area contributed by atoms with Gasteiger partial charge in [0.1, 0.15) is 18.9 Å². The first kappa shape index (κ1) is 12.9. The molecule has 0 aliphatic carbocycles. The summed E-state index contributed by atoms with van der Waals surface area (Å²) in [6.07, 6.45) is 6.37. The minimum Gasteiger partial charge on any atom is -0.473 e. The highest BCUT2D eigenvalue weighted by molar-refractivity contribution is 6.99. The number of ether oxygens (including phenoxy) is 1. The monoisotopic (exact) mass is 269 g/mol. The van der Waals surface area contributed by atoms with Crippen LogP contribution in [0.3, 0.4) is 0 Å². The van der Waals surface area contributed by atoms with Gasteiger partial charge in [0.15, 0.2) is 0 Å². The summed E-state index contributed by atoms with van der Waals surface area (Å²) >= 11 is 1.08. The molecule has 0 aliphatic heterocycles. The van der Waals surface area contributed by atoms with E-state index in [0.29, 0.717) is 12.4 Å². The minimum atomic E-state index is -0.561. The lowest BCUT2D eigenvalue weighted by molar-refractivity contribution is 0.104. The summed E-state index contributed by atoms with van der Waals surface area (Å²) in [4.78, 5) is 3.95. The summed E-state index contributed by atoms with van der Waals surface area (Å²) in [5.74, 6) is 0.456. The van der Waals surface area contributed by atoms with Crippen LogP contribution in [0.1, 0.15) is 0 Å². The molecule has 2 aromatic rings. The number of aromatic nitrogens is 4. The minimum absolute atomic E-state index is 0.212. The number of hydrogen-bond acceptors (Lipinski definition) is 7. The van der Waals surface area contributed by atoms with Crippen molar-refractivity contribution in [2.24, 2.45) is 0 Å². The summed E-state index contributed by atoms with van der Waals surface area (Å²) in [5.41, 5.74) is 0. The summed E-state index contributed by atoms with van der Waals surface area (Å²) in [7, 11) is 0. The van der Waals surface area contributed by atoms with Crippen LogP contribution in [0.15, 0.2) is 24.9 Å². The third kappa shape index (κ3) is 4.40. The number of imidazole rings is 1. The quantitative estimate of drug-likeness (QED) is 0.644. The molecule has 18 heavy (non-hydrogen) atoms. The van der Waals surface area contributed by atoms with Gasteiger partial charge in [-0.3, -0.25) is 0 Å². The van der Waals surface area contributed by atoms with E-state index in [0.717, 1.165) is 24.8 Å². The summed E-state index contributed by atoms with van der Waals surface area (Å²) in [5, 5.41) is 12.8. The van der Waals surface area contributed by atoms with Crippen LogP contribution in [-0.4, -0.2) is 49.2 Å². The Morgan fingerprint density at radius 1 is 1.56 bits per heavy atom. The number of aliphatic hydroxyl groups is 1. The maximum absolute atomic E-state index is 9.65. The molecule has 7 nitrogen and oxygen atoms in total. The van der Waals surface area contributed by atoms with Gasteiger partial charge in [-0.1, -0.05) is 0 Å². The van der Waals surface area contributed by atoms with Crippen molar-refractivity contribution >= 4 is 11.7 Å². The Hall–Kier alpha value is -1.51. The van der Waals surface area contributed by atoms with Crippen LogP contribution in [0.5, 0.6) is 5.88 Å². The molecule has 1 atom stereocenters. The van der Waals surface area contributed by atoms with Crippen molar-refractivity contribution in [3.05, 3.63) is 24.9 Å². The number of nitrogens with zero attached hydrogens (tertiary/aromatic N) is 4. The largest absolute Gasteiger partial charge is 0.473 e. The molecule has 2 heterocycles. The zero-order valence-electron chi connectivity index (χ0n) is 9.77. The Kier molecular flexibility index (Phi) is 5.06. The number of rotatable bonds is 8. The van der Waals surface area contributed by atoms with E-state index in [1.54, 1.807) is 12.5 Å². The number of hydrogen-bond donors (Lipinski definition) is 2. The third-order valence-corrected chi connectivity index (χ3v) is 2.71. The van der Waals surface area contributed by atoms with Gasteiger partial charge in [0.05, 0.1) is 18.1 Å². The molecule has 0 fully saturated rings. The van der Waals surface area contributed by atoms with Gasteiger partial charge in [0.2, 0.25) is 5.88 Å². The van der Waals surface area contributed by atoms with E-state index < -0.39 is 6.10 Å². The van der Waals surface area contributed by atoms with Crippen molar-refractivity contribution < 1.29 is 9.84 Å².